The van der Waals surface area contributed by atoms with E-state index in [0.29, 0.717) is 0 Å². The van der Waals surface area contributed by atoms with E-state index < -0.39 is 0 Å². The summed E-state index contributed by atoms with van der Waals surface area (Å²) in [7, 11) is 0. The molecule has 0 bridgehead atoms. The predicted molar refractivity (Wildman–Crippen MR) is 60.0 cm³/mol. The topological polar surface area (TPSA) is 46.0 Å². The van der Waals surface area contributed by atoms with E-state index in [4.69, 9.17) is 0 Å². The monoisotopic (exact) mass is 212 g/mol. The van der Waals surface area contributed by atoms with Gasteiger partial charge in [0.05, 0.1) is 6.10 Å². The van der Waals surface area contributed by atoms with Gasteiger partial charge in [-0.25, -0.2) is 0 Å². The van der Waals surface area contributed by atoms with Gasteiger partial charge in [-0.2, -0.15) is 0 Å². The summed E-state index contributed by atoms with van der Waals surface area (Å²) in [5, 5.41) is 9.91. The van der Waals surface area contributed by atoms with Gasteiger partial charge in [-0.05, 0) is 24.3 Å². The number of rotatable bonds is 2. The second-order valence-electron chi connectivity index (χ2n) is 4.05. The maximum Gasteiger partial charge on any atom is 0.0722 e. The Kier molecular flexibility index (Phi) is 2.18. The van der Waals surface area contributed by atoms with Crippen molar-refractivity contribution < 1.29 is 5.11 Å². The molecule has 0 aromatic carbocycles. The average Bonchev–Trinajstić information content (AvgIpc) is 3.03. The van der Waals surface area contributed by atoms with E-state index in [1.165, 1.54) is 0 Å². The molecule has 2 atom stereocenters. The molecule has 16 heavy (non-hydrogen) atoms. The lowest BCUT2D eigenvalue weighted by Crippen LogP contribution is -1.89. The molecule has 1 aliphatic rings. The zero-order valence-electron chi connectivity index (χ0n) is 8.69. The van der Waals surface area contributed by atoms with Crippen LogP contribution < -0.4 is 0 Å². The smallest absolute Gasteiger partial charge is 0.0722 e. The standard InChI is InChI=1S/C13H12N2O/c16-13-11(9-5-1-3-7-14-9)12(13)10-6-2-4-8-15-10/h1-8,11-13,16H. The number of pyridine rings is 2. The zero-order chi connectivity index (χ0) is 11.0. The summed E-state index contributed by atoms with van der Waals surface area (Å²) in [6.45, 7) is 0. The third kappa shape index (κ3) is 1.49. The van der Waals surface area contributed by atoms with Gasteiger partial charge >= 0.3 is 0 Å². The number of aromatic nitrogens is 2. The summed E-state index contributed by atoms with van der Waals surface area (Å²) in [5.41, 5.74) is 1.90. The van der Waals surface area contributed by atoms with Crippen LogP contribution in [0.15, 0.2) is 48.8 Å². The van der Waals surface area contributed by atoms with E-state index in [1.807, 2.05) is 36.4 Å². The second kappa shape index (κ2) is 3.68. The van der Waals surface area contributed by atoms with E-state index in [0.717, 1.165) is 11.4 Å². The van der Waals surface area contributed by atoms with Crippen LogP contribution in [0.25, 0.3) is 0 Å². The molecule has 0 amide bonds. The summed E-state index contributed by atoms with van der Waals surface area (Å²) < 4.78 is 0. The van der Waals surface area contributed by atoms with Crippen LogP contribution >= 0.6 is 0 Å². The lowest BCUT2D eigenvalue weighted by Gasteiger charge is -1.97. The van der Waals surface area contributed by atoms with Crippen LogP contribution in [0.2, 0.25) is 0 Å². The molecule has 2 unspecified atom stereocenters. The Bertz CT molecular complexity index is 426. The van der Waals surface area contributed by atoms with Gasteiger partial charge in [-0.3, -0.25) is 9.97 Å². The minimum atomic E-state index is -0.343. The first-order valence-corrected chi connectivity index (χ1v) is 5.38. The zero-order valence-corrected chi connectivity index (χ0v) is 8.69. The molecule has 1 fully saturated rings. The van der Waals surface area contributed by atoms with Crippen molar-refractivity contribution in [1.82, 2.24) is 9.97 Å². The van der Waals surface area contributed by atoms with Gasteiger partial charge in [0.25, 0.3) is 0 Å². The molecule has 1 N–H and O–H groups in total. The molecule has 1 saturated carbocycles. The lowest BCUT2D eigenvalue weighted by atomic mass is 10.1. The predicted octanol–water partition coefficient (Wildman–Crippen LogP) is 1.72. The van der Waals surface area contributed by atoms with Gasteiger partial charge < -0.3 is 5.11 Å². The van der Waals surface area contributed by atoms with Gasteiger partial charge in [0.15, 0.2) is 0 Å². The summed E-state index contributed by atoms with van der Waals surface area (Å²) in [6, 6.07) is 11.6. The Balaban J connectivity index is 1.87. The Morgan fingerprint density at radius 1 is 0.812 bits per heavy atom. The highest BCUT2D eigenvalue weighted by atomic mass is 16.3. The molecular formula is C13H12N2O. The van der Waals surface area contributed by atoms with Gasteiger partial charge in [0, 0.05) is 35.6 Å². The molecule has 3 nitrogen and oxygen atoms in total. The van der Waals surface area contributed by atoms with Crippen molar-refractivity contribution in [2.45, 2.75) is 17.9 Å². The first-order valence-electron chi connectivity index (χ1n) is 5.38. The Morgan fingerprint density at radius 3 is 1.69 bits per heavy atom. The van der Waals surface area contributed by atoms with Crippen LogP contribution in [0.4, 0.5) is 0 Å². The van der Waals surface area contributed by atoms with Crippen molar-refractivity contribution in [3.05, 3.63) is 60.2 Å². The average molecular weight is 212 g/mol. The van der Waals surface area contributed by atoms with Crippen LogP contribution in [-0.4, -0.2) is 21.2 Å². The number of aliphatic hydroxyl groups is 1. The van der Waals surface area contributed by atoms with E-state index in [-0.39, 0.29) is 17.9 Å². The minimum absolute atomic E-state index is 0.107. The summed E-state index contributed by atoms with van der Waals surface area (Å²) in [5.74, 6) is 0.215. The lowest BCUT2D eigenvalue weighted by molar-refractivity contribution is 0.264. The number of aliphatic hydroxyl groups excluding tert-OH is 1. The van der Waals surface area contributed by atoms with Crippen molar-refractivity contribution in [1.29, 1.82) is 0 Å². The molecule has 2 heterocycles. The first kappa shape index (κ1) is 9.48. The number of hydrogen-bond donors (Lipinski definition) is 1. The molecule has 2 aromatic heterocycles. The van der Waals surface area contributed by atoms with Crippen LogP contribution in [0.1, 0.15) is 23.2 Å². The molecular weight excluding hydrogens is 200 g/mol. The highest BCUT2D eigenvalue weighted by molar-refractivity contribution is 5.33. The van der Waals surface area contributed by atoms with Crippen LogP contribution in [0.5, 0.6) is 0 Å². The summed E-state index contributed by atoms with van der Waals surface area (Å²) in [4.78, 5) is 8.56. The van der Waals surface area contributed by atoms with Crippen molar-refractivity contribution in [3.8, 4) is 0 Å². The number of nitrogens with zero attached hydrogens (tertiary/aromatic N) is 2. The van der Waals surface area contributed by atoms with Crippen molar-refractivity contribution in [3.63, 3.8) is 0 Å². The maximum atomic E-state index is 9.91. The molecule has 3 heteroatoms. The maximum absolute atomic E-state index is 9.91. The van der Waals surface area contributed by atoms with Crippen molar-refractivity contribution >= 4 is 0 Å². The third-order valence-electron chi connectivity index (χ3n) is 3.04. The number of hydrogen-bond acceptors (Lipinski definition) is 3. The molecule has 1 aliphatic carbocycles. The largest absolute Gasteiger partial charge is 0.392 e. The van der Waals surface area contributed by atoms with Crippen LogP contribution in [0.3, 0.4) is 0 Å². The second-order valence-corrected chi connectivity index (χ2v) is 4.05. The first-order chi connectivity index (χ1) is 7.88. The summed E-state index contributed by atoms with van der Waals surface area (Å²) >= 11 is 0. The molecule has 3 rings (SSSR count). The molecule has 0 saturated heterocycles. The highest BCUT2D eigenvalue weighted by Crippen LogP contribution is 2.53. The molecule has 0 radical (unpaired) electrons. The van der Waals surface area contributed by atoms with E-state index >= 15 is 0 Å². The normalized spacial score (nSPS) is 27.7. The fourth-order valence-electron chi connectivity index (χ4n) is 2.16. The van der Waals surface area contributed by atoms with Crippen LogP contribution in [0, 0.1) is 0 Å². The van der Waals surface area contributed by atoms with E-state index in [1.54, 1.807) is 12.4 Å². The fraction of sp³-hybridized carbons (Fsp3) is 0.231. The van der Waals surface area contributed by atoms with Gasteiger partial charge in [0.2, 0.25) is 0 Å². The molecule has 0 spiro atoms. The summed E-state index contributed by atoms with van der Waals surface area (Å²) in [6.07, 6.45) is 3.18. The fourth-order valence-corrected chi connectivity index (χ4v) is 2.16. The van der Waals surface area contributed by atoms with E-state index in [9.17, 15) is 5.11 Å². The Hall–Kier alpha value is -1.74. The third-order valence-corrected chi connectivity index (χ3v) is 3.04. The minimum Gasteiger partial charge on any atom is -0.392 e. The molecule has 2 aromatic rings. The Labute approximate surface area is 93.8 Å². The van der Waals surface area contributed by atoms with Crippen molar-refractivity contribution in [2.75, 3.05) is 0 Å². The quantitative estimate of drug-likeness (QED) is 0.824. The SMILES string of the molecule is OC1C(c2ccccn2)C1c1ccccn1. The highest BCUT2D eigenvalue weighted by Gasteiger charge is 2.52. The van der Waals surface area contributed by atoms with Gasteiger partial charge in [0.1, 0.15) is 0 Å². The van der Waals surface area contributed by atoms with Crippen LogP contribution in [-0.2, 0) is 0 Å². The Morgan fingerprint density at radius 2 is 1.31 bits per heavy atom. The molecule has 80 valence electrons. The van der Waals surface area contributed by atoms with E-state index in [2.05, 4.69) is 9.97 Å². The van der Waals surface area contributed by atoms with Crippen molar-refractivity contribution in [2.24, 2.45) is 0 Å². The van der Waals surface area contributed by atoms with Gasteiger partial charge in [-0.1, -0.05) is 12.1 Å². The van der Waals surface area contributed by atoms with Gasteiger partial charge in [-0.15, -0.1) is 0 Å². The molecule has 0 aliphatic heterocycles.